The van der Waals surface area contributed by atoms with Gasteiger partial charge < -0.3 is 20.7 Å². The Labute approximate surface area is 173 Å². The molecule has 3 N–H and O–H groups in total. The minimum atomic E-state index is 0.0430. The van der Waals surface area contributed by atoms with E-state index in [4.69, 9.17) is 15.7 Å². The van der Waals surface area contributed by atoms with Crippen LogP contribution >= 0.6 is 0 Å². The second-order valence-corrected chi connectivity index (χ2v) is 8.11. The van der Waals surface area contributed by atoms with Gasteiger partial charge in [-0.25, -0.2) is 4.79 Å². The third kappa shape index (κ3) is 5.84. The number of carbonyl (C=O) groups is 1. The van der Waals surface area contributed by atoms with Gasteiger partial charge in [0.2, 0.25) is 0 Å². The van der Waals surface area contributed by atoms with Crippen LogP contribution in [0.3, 0.4) is 0 Å². The molecule has 2 aliphatic heterocycles. The molecule has 2 aliphatic rings. The number of nitrogens with one attached hydrogen (secondary N) is 1. The number of nitriles is 1. The summed E-state index contributed by atoms with van der Waals surface area (Å²) in [4.78, 5) is 16.9. The van der Waals surface area contributed by atoms with Crippen LogP contribution in [0.25, 0.3) is 0 Å². The van der Waals surface area contributed by atoms with Crippen molar-refractivity contribution in [1.82, 2.24) is 15.1 Å². The molecule has 29 heavy (non-hydrogen) atoms. The highest BCUT2D eigenvalue weighted by molar-refractivity contribution is 5.74. The maximum atomic E-state index is 12.4. The van der Waals surface area contributed by atoms with Crippen LogP contribution in [0.1, 0.15) is 44.6 Å². The Morgan fingerprint density at radius 3 is 2.62 bits per heavy atom. The molecule has 0 radical (unpaired) electrons. The summed E-state index contributed by atoms with van der Waals surface area (Å²) in [7, 11) is 0. The summed E-state index contributed by atoms with van der Waals surface area (Å²) >= 11 is 0. The second kappa shape index (κ2) is 10.5. The molecule has 1 aromatic rings. The maximum absolute atomic E-state index is 12.4. The van der Waals surface area contributed by atoms with Gasteiger partial charge in [-0.2, -0.15) is 5.26 Å². The normalized spacial score (nSPS) is 22.2. The minimum absolute atomic E-state index is 0.0430. The van der Waals surface area contributed by atoms with Crippen LogP contribution in [0.15, 0.2) is 24.3 Å². The summed E-state index contributed by atoms with van der Waals surface area (Å²) in [6.07, 6.45) is 5.16. The fourth-order valence-electron chi connectivity index (χ4n) is 4.25. The topological polar surface area (TPSA) is 94.6 Å². The average molecular weight is 400 g/mol. The Morgan fingerprint density at radius 2 is 2.00 bits per heavy atom. The summed E-state index contributed by atoms with van der Waals surface area (Å²) in [6, 6.07) is 10.2. The Hall–Kier alpha value is -2.30. The van der Waals surface area contributed by atoms with E-state index in [2.05, 4.69) is 23.2 Å². The van der Waals surface area contributed by atoms with Crippen LogP contribution in [0.4, 0.5) is 4.79 Å². The number of hydrogen-bond acceptors (Lipinski definition) is 5. The second-order valence-electron chi connectivity index (χ2n) is 8.11. The Kier molecular flexibility index (Phi) is 7.73. The van der Waals surface area contributed by atoms with Crippen LogP contribution < -0.4 is 15.8 Å². The predicted octanol–water partition coefficient (Wildman–Crippen LogP) is 2.31. The van der Waals surface area contributed by atoms with Crippen molar-refractivity contribution in [2.24, 2.45) is 5.73 Å². The lowest BCUT2D eigenvalue weighted by molar-refractivity contribution is 0.0759. The molecule has 0 aromatic heterocycles. The summed E-state index contributed by atoms with van der Waals surface area (Å²) < 4.78 is 5.76. The maximum Gasteiger partial charge on any atom is 0.317 e. The molecule has 0 saturated carbocycles. The van der Waals surface area contributed by atoms with Gasteiger partial charge in [0.15, 0.2) is 0 Å². The molecule has 2 bridgehead atoms. The Balaban J connectivity index is 1.40. The molecule has 158 valence electrons. The van der Waals surface area contributed by atoms with E-state index in [1.165, 1.54) is 0 Å². The number of ether oxygens (including phenoxy) is 1. The first-order valence-corrected chi connectivity index (χ1v) is 10.8. The van der Waals surface area contributed by atoms with E-state index < -0.39 is 0 Å². The van der Waals surface area contributed by atoms with Crippen LogP contribution in [0.2, 0.25) is 0 Å². The third-order valence-corrected chi connectivity index (χ3v) is 5.91. The number of fused-ring (bicyclic) bond motifs is 2. The number of benzene rings is 1. The monoisotopic (exact) mass is 399 g/mol. The van der Waals surface area contributed by atoms with Crippen LogP contribution in [-0.2, 0) is 0 Å². The van der Waals surface area contributed by atoms with Crippen molar-refractivity contribution in [3.05, 3.63) is 29.8 Å². The Bertz CT molecular complexity index is 688. The summed E-state index contributed by atoms with van der Waals surface area (Å²) in [5.74, 6) is 0.763. The third-order valence-electron chi connectivity index (χ3n) is 5.91. The number of unbranched alkanes of at least 4 members (excludes halogenated alkanes) is 1. The van der Waals surface area contributed by atoms with Gasteiger partial charge >= 0.3 is 6.03 Å². The van der Waals surface area contributed by atoms with Crippen LogP contribution in [-0.4, -0.2) is 66.7 Å². The van der Waals surface area contributed by atoms with E-state index in [1.54, 1.807) is 12.1 Å². The summed E-state index contributed by atoms with van der Waals surface area (Å²) in [5, 5.41) is 11.9. The van der Waals surface area contributed by atoms with Crippen LogP contribution in [0, 0.1) is 11.3 Å². The number of hydrogen-bond donors (Lipinski definition) is 2. The van der Waals surface area contributed by atoms with Gasteiger partial charge in [0.1, 0.15) is 5.75 Å². The lowest BCUT2D eigenvalue weighted by Crippen LogP contribution is -2.59. The highest BCUT2D eigenvalue weighted by Crippen LogP contribution is 2.30. The van der Waals surface area contributed by atoms with E-state index >= 15 is 0 Å². The zero-order chi connectivity index (χ0) is 20.6. The smallest absolute Gasteiger partial charge is 0.317 e. The fraction of sp³-hybridized carbons (Fsp3) is 0.636. The van der Waals surface area contributed by atoms with E-state index in [1.807, 2.05) is 17.0 Å². The number of likely N-dealkylation sites (tertiary alicyclic amines) is 1. The quantitative estimate of drug-likeness (QED) is 0.622. The van der Waals surface area contributed by atoms with Crippen molar-refractivity contribution >= 4 is 6.03 Å². The van der Waals surface area contributed by atoms with Crippen molar-refractivity contribution < 1.29 is 9.53 Å². The summed E-state index contributed by atoms with van der Waals surface area (Å²) in [5.41, 5.74) is 7.01. The average Bonchev–Trinajstić information content (AvgIpc) is 2.95. The Morgan fingerprint density at radius 1 is 1.31 bits per heavy atom. The SMILES string of the molecule is CCCCNC(=O)N1CC2CCC(C1)N2CC(N)CCOc1ccc(C#N)cc1. The van der Waals surface area contributed by atoms with E-state index in [-0.39, 0.29) is 12.1 Å². The molecule has 2 heterocycles. The minimum Gasteiger partial charge on any atom is -0.494 e. The number of nitrogens with zero attached hydrogens (tertiary/aromatic N) is 3. The number of carbonyl (C=O) groups excluding carboxylic acids is 1. The number of rotatable bonds is 9. The molecule has 7 nitrogen and oxygen atoms in total. The van der Waals surface area contributed by atoms with Crippen molar-refractivity contribution in [3.63, 3.8) is 0 Å². The van der Waals surface area contributed by atoms with E-state index in [9.17, 15) is 4.79 Å². The first-order chi connectivity index (χ1) is 14.1. The fourth-order valence-corrected chi connectivity index (χ4v) is 4.25. The van der Waals surface area contributed by atoms with Gasteiger partial charge in [-0.3, -0.25) is 4.90 Å². The predicted molar refractivity (Wildman–Crippen MR) is 113 cm³/mol. The zero-order valence-corrected chi connectivity index (χ0v) is 17.3. The van der Waals surface area contributed by atoms with Gasteiger partial charge in [-0.15, -0.1) is 0 Å². The molecule has 2 fully saturated rings. The number of nitrogens with two attached hydrogens (primary N) is 1. The molecular formula is C22H33N5O2. The lowest BCUT2D eigenvalue weighted by atomic mass is 10.1. The molecule has 3 unspecified atom stereocenters. The largest absolute Gasteiger partial charge is 0.494 e. The first kappa shape index (κ1) is 21.4. The first-order valence-electron chi connectivity index (χ1n) is 10.8. The van der Waals surface area contributed by atoms with Crippen molar-refractivity contribution in [2.75, 3.05) is 32.8 Å². The van der Waals surface area contributed by atoms with Crippen molar-refractivity contribution in [3.8, 4) is 11.8 Å². The molecule has 0 spiro atoms. The molecule has 3 rings (SSSR count). The highest BCUT2D eigenvalue weighted by atomic mass is 16.5. The molecule has 7 heteroatoms. The lowest BCUT2D eigenvalue weighted by Gasteiger charge is -2.42. The molecule has 2 amide bonds. The summed E-state index contributed by atoms with van der Waals surface area (Å²) in [6.45, 7) is 5.88. The molecular weight excluding hydrogens is 366 g/mol. The zero-order valence-electron chi connectivity index (χ0n) is 17.3. The molecule has 3 atom stereocenters. The number of urea groups is 1. The van der Waals surface area contributed by atoms with Gasteiger partial charge in [0.25, 0.3) is 0 Å². The van der Waals surface area contributed by atoms with Crippen molar-refractivity contribution in [1.29, 1.82) is 5.26 Å². The van der Waals surface area contributed by atoms with E-state index in [0.717, 1.165) is 64.0 Å². The molecule has 2 saturated heterocycles. The van der Waals surface area contributed by atoms with Gasteiger partial charge in [-0.1, -0.05) is 13.3 Å². The highest BCUT2D eigenvalue weighted by Gasteiger charge is 2.41. The number of piperazine rings is 1. The van der Waals surface area contributed by atoms with Crippen LogP contribution in [0.5, 0.6) is 5.75 Å². The van der Waals surface area contributed by atoms with Gasteiger partial charge in [-0.05, 0) is 49.9 Å². The van der Waals surface area contributed by atoms with Gasteiger partial charge in [0.05, 0.1) is 18.2 Å². The molecule has 1 aromatic carbocycles. The van der Waals surface area contributed by atoms with E-state index in [0.29, 0.717) is 24.3 Å². The van der Waals surface area contributed by atoms with Gasteiger partial charge in [0, 0.05) is 44.3 Å². The molecule has 0 aliphatic carbocycles. The standard InChI is InChI=1S/C22H33N5O2/c1-2-3-11-25-22(28)26-15-19-6-7-20(16-26)27(19)14-18(24)10-12-29-21-8-4-17(13-23)5-9-21/h4-5,8-9,18-20H,2-3,6-7,10-12,14-16,24H2,1H3,(H,25,28). The number of amides is 2. The van der Waals surface area contributed by atoms with Crippen molar-refractivity contribution in [2.45, 2.75) is 57.2 Å².